The minimum absolute atomic E-state index is 0.0464. The average Bonchev–Trinajstić information content (AvgIpc) is 2.43. The number of benzene rings is 3. The minimum Gasteiger partial charge on any atom is -0.507 e. The van der Waals surface area contributed by atoms with Crippen LogP contribution in [-0.4, -0.2) is 5.11 Å². The first-order valence-corrected chi connectivity index (χ1v) is 6.21. The monoisotopic (exact) mass is 272 g/mol. The average molecular weight is 273 g/mol. The molecule has 0 aliphatic heterocycles. The lowest BCUT2D eigenvalue weighted by molar-refractivity contribution is 0.483. The molecule has 0 fully saturated rings. The van der Waals surface area contributed by atoms with Crippen molar-refractivity contribution >= 4 is 22.4 Å². The zero-order valence-corrected chi connectivity index (χ0v) is 10.7. The summed E-state index contributed by atoms with van der Waals surface area (Å²) in [5, 5.41) is 12.0. The first-order chi connectivity index (χ1) is 9.18. The summed E-state index contributed by atoms with van der Waals surface area (Å²) in [6.45, 7) is 0. The molecule has 3 aromatic rings. The Balaban J connectivity index is 2.31. The van der Waals surface area contributed by atoms with Crippen LogP contribution >= 0.6 is 11.6 Å². The van der Waals surface area contributed by atoms with E-state index in [-0.39, 0.29) is 10.8 Å². The molecule has 0 atom stereocenters. The summed E-state index contributed by atoms with van der Waals surface area (Å²) < 4.78 is 14.0. The van der Waals surface area contributed by atoms with E-state index in [1.165, 1.54) is 6.07 Å². The summed E-state index contributed by atoms with van der Waals surface area (Å²) in [5.41, 5.74) is 0.745. The molecule has 19 heavy (non-hydrogen) atoms. The van der Waals surface area contributed by atoms with Crippen LogP contribution in [-0.2, 0) is 0 Å². The molecule has 0 spiro atoms. The van der Waals surface area contributed by atoms with Gasteiger partial charge in [-0.3, -0.25) is 0 Å². The van der Waals surface area contributed by atoms with Gasteiger partial charge in [-0.05, 0) is 17.5 Å². The number of hydrogen-bond acceptors (Lipinski definition) is 1. The lowest BCUT2D eigenvalue weighted by Crippen LogP contribution is -1.87. The Hall–Kier alpha value is -2.06. The molecule has 0 aliphatic rings. The lowest BCUT2D eigenvalue weighted by Gasteiger charge is -2.09. The fraction of sp³-hybridized carbons (Fsp3) is 0. The fourth-order valence-corrected chi connectivity index (χ4v) is 2.36. The van der Waals surface area contributed by atoms with Gasteiger partial charge in [0.2, 0.25) is 0 Å². The van der Waals surface area contributed by atoms with E-state index in [2.05, 4.69) is 0 Å². The van der Waals surface area contributed by atoms with Gasteiger partial charge in [-0.1, -0.05) is 54.1 Å². The van der Waals surface area contributed by atoms with Crippen molar-refractivity contribution in [2.75, 3.05) is 0 Å². The smallest absolute Gasteiger partial charge is 0.149 e. The highest BCUT2D eigenvalue weighted by molar-refractivity contribution is 6.31. The Labute approximate surface area is 114 Å². The highest BCUT2D eigenvalue weighted by Gasteiger charge is 2.13. The van der Waals surface area contributed by atoms with Crippen molar-refractivity contribution in [2.24, 2.45) is 0 Å². The van der Waals surface area contributed by atoms with Crippen molar-refractivity contribution in [2.45, 2.75) is 0 Å². The van der Waals surface area contributed by atoms with E-state index in [0.717, 1.165) is 5.39 Å². The molecule has 3 aromatic carbocycles. The number of phenols is 1. The summed E-state index contributed by atoms with van der Waals surface area (Å²) in [7, 11) is 0. The van der Waals surface area contributed by atoms with Crippen molar-refractivity contribution in [3.8, 4) is 16.9 Å². The highest BCUT2D eigenvalue weighted by atomic mass is 35.5. The molecule has 0 heterocycles. The van der Waals surface area contributed by atoms with Crippen LogP contribution in [0, 0.1) is 5.82 Å². The molecular formula is C16H10ClFO. The van der Waals surface area contributed by atoms with Crippen LogP contribution in [0.3, 0.4) is 0 Å². The molecule has 3 heteroatoms. The first-order valence-electron chi connectivity index (χ1n) is 5.83. The fourth-order valence-electron chi connectivity index (χ4n) is 2.18. The van der Waals surface area contributed by atoms with Crippen molar-refractivity contribution < 1.29 is 9.50 Å². The maximum absolute atomic E-state index is 14.0. The normalized spacial score (nSPS) is 10.8. The van der Waals surface area contributed by atoms with Gasteiger partial charge in [-0.15, -0.1) is 0 Å². The SMILES string of the molecule is Oc1c(-c2cccc(Cl)c2F)ccc2ccccc12. The van der Waals surface area contributed by atoms with Crippen molar-refractivity contribution in [1.29, 1.82) is 0 Å². The predicted octanol–water partition coefficient (Wildman–Crippen LogP) is 5.00. The zero-order chi connectivity index (χ0) is 13.4. The Kier molecular flexibility index (Phi) is 2.88. The molecule has 0 aliphatic carbocycles. The van der Waals surface area contributed by atoms with E-state index in [9.17, 15) is 9.50 Å². The van der Waals surface area contributed by atoms with Crippen LogP contribution in [0.15, 0.2) is 54.6 Å². The van der Waals surface area contributed by atoms with Crippen LogP contribution in [0.4, 0.5) is 4.39 Å². The van der Waals surface area contributed by atoms with Crippen molar-refractivity contribution in [1.82, 2.24) is 0 Å². The van der Waals surface area contributed by atoms with Gasteiger partial charge >= 0.3 is 0 Å². The molecule has 0 bridgehead atoms. The molecule has 0 saturated carbocycles. The van der Waals surface area contributed by atoms with Crippen LogP contribution in [0.25, 0.3) is 21.9 Å². The predicted molar refractivity (Wildman–Crippen MR) is 76.0 cm³/mol. The van der Waals surface area contributed by atoms with E-state index in [1.54, 1.807) is 24.3 Å². The van der Waals surface area contributed by atoms with Gasteiger partial charge in [0, 0.05) is 16.5 Å². The summed E-state index contributed by atoms with van der Waals surface area (Å²) in [6, 6.07) is 15.7. The molecule has 0 amide bonds. The third-order valence-corrected chi connectivity index (χ3v) is 3.43. The van der Waals surface area contributed by atoms with Gasteiger partial charge in [0.1, 0.15) is 11.6 Å². The zero-order valence-electron chi connectivity index (χ0n) is 9.90. The second kappa shape index (κ2) is 4.56. The van der Waals surface area contributed by atoms with Gasteiger partial charge in [-0.2, -0.15) is 0 Å². The number of halogens is 2. The molecule has 94 valence electrons. The summed E-state index contributed by atoms with van der Waals surface area (Å²) >= 11 is 5.78. The maximum atomic E-state index is 14.0. The lowest BCUT2D eigenvalue weighted by atomic mass is 9.99. The number of fused-ring (bicyclic) bond motifs is 1. The van der Waals surface area contributed by atoms with Gasteiger partial charge < -0.3 is 5.11 Å². The molecule has 0 radical (unpaired) electrons. The largest absolute Gasteiger partial charge is 0.507 e. The van der Waals surface area contributed by atoms with Gasteiger partial charge in [0.25, 0.3) is 0 Å². The second-order valence-corrected chi connectivity index (χ2v) is 4.69. The highest BCUT2D eigenvalue weighted by Crippen LogP contribution is 2.38. The molecule has 1 N–H and O–H groups in total. The molecule has 0 aromatic heterocycles. The molecule has 1 nitrogen and oxygen atoms in total. The maximum Gasteiger partial charge on any atom is 0.149 e. The Bertz CT molecular complexity index is 768. The number of rotatable bonds is 1. The first kappa shape index (κ1) is 12.0. The van der Waals surface area contributed by atoms with E-state index in [4.69, 9.17) is 11.6 Å². The van der Waals surface area contributed by atoms with E-state index in [1.807, 2.05) is 24.3 Å². The quantitative estimate of drug-likeness (QED) is 0.660. The molecule has 0 unspecified atom stereocenters. The molecular weight excluding hydrogens is 263 g/mol. The van der Waals surface area contributed by atoms with Gasteiger partial charge in [0.05, 0.1) is 5.02 Å². The summed E-state index contributed by atoms with van der Waals surface area (Å²) in [6.07, 6.45) is 0. The Morgan fingerprint density at radius 3 is 2.47 bits per heavy atom. The Morgan fingerprint density at radius 2 is 1.63 bits per heavy atom. The van der Waals surface area contributed by atoms with E-state index in [0.29, 0.717) is 16.5 Å². The van der Waals surface area contributed by atoms with Crippen LogP contribution in [0.5, 0.6) is 5.75 Å². The second-order valence-electron chi connectivity index (χ2n) is 4.28. The van der Waals surface area contributed by atoms with E-state index < -0.39 is 5.82 Å². The third-order valence-electron chi connectivity index (χ3n) is 3.14. The summed E-state index contributed by atoms with van der Waals surface area (Å²) in [5.74, 6) is -0.450. The Morgan fingerprint density at radius 1 is 0.842 bits per heavy atom. The summed E-state index contributed by atoms with van der Waals surface area (Å²) in [4.78, 5) is 0. The third kappa shape index (κ3) is 1.94. The van der Waals surface area contributed by atoms with E-state index >= 15 is 0 Å². The molecule has 3 rings (SSSR count). The molecule has 0 saturated heterocycles. The van der Waals surface area contributed by atoms with Crippen molar-refractivity contribution in [3.05, 3.63) is 65.4 Å². The topological polar surface area (TPSA) is 20.2 Å². The standard InChI is InChI=1S/C16H10ClFO/c17-14-7-3-6-12(15(14)18)13-9-8-10-4-1-2-5-11(10)16(13)19/h1-9,19H. The minimum atomic E-state index is -0.519. The number of hydrogen-bond donors (Lipinski definition) is 1. The number of phenolic OH excluding ortho intramolecular Hbond substituents is 1. The van der Waals surface area contributed by atoms with Crippen LogP contribution in [0.2, 0.25) is 5.02 Å². The van der Waals surface area contributed by atoms with Gasteiger partial charge in [-0.25, -0.2) is 4.39 Å². The van der Waals surface area contributed by atoms with Gasteiger partial charge in [0.15, 0.2) is 0 Å². The number of aromatic hydroxyl groups is 1. The van der Waals surface area contributed by atoms with Crippen molar-refractivity contribution in [3.63, 3.8) is 0 Å². The van der Waals surface area contributed by atoms with Crippen LogP contribution in [0.1, 0.15) is 0 Å². The van der Waals surface area contributed by atoms with Crippen LogP contribution < -0.4 is 0 Å².